The van der Waals surface area contributed by atoms with Crippen LogP contribution in [0.3, 0.4) is 0 Å². The molecule has 4 atom stereocenters. The Morgan fingerprint density at radius 2 is 2.25 bits per heavy atom. The summed E-state index contributed by atoms with van der Waals surface area (Å²) in [6.07, 6.45) is -1.29. The van der Waals surface area contributed by atoms with Crippen LogP contribution in [0.2, 0.25) is 0 Å². The standard InChI is InChI=1S/C14H23N2O7P/c1-8(2)22-24(19,20)23-11-5-13(21-12(11)7-17)16-6-9(3)10(4)15-14(16)18/h6,8,11-13,17H,4-5,7H2,1-3H3,(H,15,18)(H,19,20)/t11-,12+,13+/m0/s1. The Kier molecular flexibility index (Phi) is 5.85. The van der Waals surface area contributed by atoms with Crippen molar-refractivity contribution in [3.8, 4) is 0 Å². The maximum absolute atomic E-state index is 12.1. The van der Waals surface area contributed by atoms with Crippen LogP contribution in [-0.2, 0) is 18.3 Å². The molecule has 136 valence electrons. The highest BCUT2D eigenvalue weighted by molar-refractivity contribution is 7.47. The van der Waals surface area contributed by atoms with Gasteiger partial charge in [-0.3, -0.25) is 13.9 Å². The van der Waals surface area contributed by atoms with E-state index in [1.54, 1.807) is 27.0 Å². The van der Waals surface area contributed by atoms with E-state index in [9.17, 15) is 19.4 Å². The number of urea groups is 1. The van der Waals surface area contributed by atoms with E-state index in [0.29, 0.717) is 5.70 Å². The number of amides is 2. The summed E-state index contributed by atoms with van der Waals surface area (Å²) in [7, 11) is -4.29. The summed E-state index contributed by atoms with van der Waals surface area (Å²) in [6.45, 7) is 8.26. The molecule has 2 rings (SSSR count). The fourth-order valence-electron chi connectivity index (χ4n) is 2.46. The zero-order chi connectivity index (χ0) is 18.1. The van der Waals surface area contributed by atoms with Gasteiger partial charge in [-0.25, -0.2) is 9.36 Å². The molecule has 2 amide bonds. The Morgan fingerprint density at radius 1 is 1.58 bits per heavy atom. The number of phosphoric acid groups is 1. The van der Waals surface area contributed by atoms with Crippen molar-refractivity contribution in [1.82, 2.24) is 10.2 Å². The van der Waals surface area contributed by atoms with Crippen molar-refractivity contribution in [3.63, 3.8) is 0 Å². The highest BCUT2D eigenvalue weighted by Gasteiger charge is 2.44. The fraction of sp³-hybridized carbons (Fsp3) is 0.643. The van der Waals surface area contributed by atoms with E-state index in [1.807, 2.05) is 0 Å². The minimum Gasteiger partial charge on any atom is -0.394 e. The molecule has 2 aliphatic rings. The summed E-state index contributed by atoms with van der Waals surface area (Å²) >= 11 is 0. The fourth-order valence-corrected chi connectivity index (χ4v) is 3.61. The second-order valence-corrected chi connectivity index (χ2v) is 7.30. The van der Waals surface area contributed by atoms with Crippen LogP contribution in [0.5, 0.6) is 0 Å². The van der Waals surface area contributed by atoms with Gasteiger partial charge in [0, 0.05) is 18.3 Å². The predicted molar refractivity (Wildman–Crippen MR) is 84.6 cm³/mol. The molecule has 24 heavy (non-hydrogen) atoms. The summed E-state index contributed by atoms with van der Waals surface area (Å²) in [6, 6.07) is -0.432. The van der Waals surface area contributed by atoms with Crippen LogP contribution in [0.1, 0.15) is 27.2 Å². The van der Waals surface area contributed by atoms with Crippen LogP contribution in [0.4, 0.5) is 4.79 Å². The lowest BCUT2D eigenvalue weighted by Gasteiger charge is -2.30. The smallest absolute Gasteiger partial charge is 0.394 e. The highest BCUT2D eigenvalue weighted by Crippen LogP contribution is 2.48. The van der Waals surface area contributed by atoms with Crippen LogP contribution >= 0.6 is 7.82 Å². The van der Waals surface area contributed by atoms with Crippen molar-refractivity contribution in [2.45, 2.75) is 51.7 Å². The first-order valence-corrected chi connectivity index (χ1v) is 9.05. The number of nitrogens with one attached hydrogen (secondary N) is 1. The van der Waals surface area contributed by atoms with E-state index in [0.717, 1.165) is 5.57 Å². The molecular formula is C14H23N2O7P. The van der Waals surface area contributed by atoms with Crippen LogP contribution in [-0.4, -0.2) is 52.1 Å². The normalized spacial score (nSPS) is 30.3. The van der Waals surface area contributed by atoms with E-state index in [-0.39, 0.29) is 6.42 Å². The van der Waals surface area contributed by atoms with E-state index in [4.69, 9.17) is 13.8 Å². The van der Waals surface area contributed by atoms with Gasteiger partial charge in [-0.15, -0.1) is 0 Å². The lowest BCUT2D eigenvalue weighted by Crippen LogP contribution is -2.45. The Labute approximate surface area is 140 Å². The second kappa shape index (κ2) is 7.35. The van der Waals surface area contributed by atoms with Crippen LogP contribution < -0.4 is 5.32 Å². The van der Waals surface area contributed by atoms with Crippen molar-refractivity contribution >= 4 is 13.9 Å². The topological polar surface area (TPSA) is 118 Å². The van der Waals surface area contributed by atoms with Gasteiger partial charge in [0.25, 0.3) is 0 Å². The molecule has 0 aromatic rings. The molecule has 9 nitrogen and oxygen atoms in total. The summed E-state index contributed by atoms with van der Waals surface area (Å²) < 4.78 is 27.5. The molecule has 1 fully saturated rings. The Hall–Kier alpha value is -1.22. The SMILES string of the molecule is C=C1NC(=O)N([C@H]2C[C@H](OP(=O)(O)OC(C)C)[C@@H](CO)O2)C=C1C. The van der Waals surface area contributed by atoms with Crippen molar-refractivity contribution in [2.75, 3.05) is 6.61 Å². The number of hydrogen-bond donors (Lipinski definition) is 3. The molecular weight excluding hydrogens is 339 g/mol. The summed E-state index contributed by atoms with van der Waals surface area (Å²) in [5.74, 6) is 0. The van der Waals surface area contributed by atoms with Gasteiger partial charge in [0.05, 0.1) is 12.7 Å². The number of carbonyl (C=O) groups is 1. The average Bonchev–Trinajstić information content (AvgIpc) is 2.83. The van der Waals surface area contributed by atoms with Crippen LogP contribution in [0, 0.1) is 0 Å². The molecule has 2 aliphatic heterocycles. The summed E-state index contributed by atoms with van der Waals surface area (Å²) in [5, 5.41) is 12.0. The maximum Gasteiger partial charge on any atom is 0.472 e. The van der Waals surface area contributed by atoms with Crippen LogP contribution in [0.15, 0.2) is 24.0 Å². The van der Waals surface area contributed by atoms with Crippen LogP contribution in [0.25, 0.3) is 0 Å². The minimum absolute atomic E-state index is 0.112. The number of allylic oxidation sites excluding steroid dienone is 1. The number of hydrogen-bond acceptors (Lipinski definition) is 6. The molecule has 0 radical (unpaired) electrons. The van der Waals surface area contributed by atoms with Crippen molar-refractivity contribution in [1.29, 1.82) is 0 Å². The number of phosphoric ester groups is 1. The molecule has 0 saturated carbocycles. The summed E-state index contributed by atoms with van der Waals surface area (Å²) in [4.78, 5) is 23.1. The molecule has 2 heterocycles. The van der Waals surface area contributed by atoms with E-state index in [1.165, 1.54) is 4.90 Å². The maximum atomic E-state index is 12.1. The lowest BCUT2D eigenvalue weighted by atomic mass is 10.1. The zero-order valence-corrected chi connectivity index (χ0v) is 14.7. The molecule has 0 bridgehead atoms. The number of nitrogens with zero attached hydrogens (tertiary/aromatic N) is 1. The first kappa shape index (κ1) is 19.1. The third-order valence-electron chi connectivity index (χ3n) is 3.58. The molecule has 0 aliphatic carbocycles. The number of carbonyl (C=O) groups excluding carboxylic acids is 1. The third kappa shape index (κ3) is 4.44. The van der Waals surface area contributed by atoms with E-state index >= 15 is 0 Å². The van der Waals surface area contributed by atoms with Gasteiger partial charge in [-0.2, -0.15) is 0 Å². The number of rotatable bonds is 6. The Balaban J connectivity index is 2.10. The molecule has 10 heteroatoms. The van der Waals surface area contributed by atoms with Crippen molar-refractivity contribution < 1.29 is 33.1 Å². The molecule has 0 aromatic carbocycles. The largest absolute Gasteiger partial charge is 0.472 e. The van der Waals surface area contributed by atoms with Gasteiger partial charge in [0.15, 0.2) is 0 Å². The molecule has 1 unspecified atom stereocenters. The third-order valence-corrected chi connectivity index (χ3v) is 4.81. The number of aliphatic hydroxyl groups is 1. The Morgan fingerprint density at radius 3 is 2.83 bits per heavy atom. The first-order chi connectivity index (χ1) is 11.1. The van der Waals surface area contributed by atoms with Crippen molar-refractivity contribution in [2.24, 2.45) is 0 Å². The number of aliphatic hydroxyl groups excluding tert-OH is 1. The van der Waals surface area contributed by atoms with Crippen molar-refractivity contribution in [3.05, 3.63) is 24.0 Å². The first-order valence-electron chi connectivity index (χ1n) is 7.56. The zero-order valence-electron chi connectivity index (χ0n) is 13.8. The van der Waals surface area contributed by atoms with Gasteiger partial charge in [-0.05, 0) is 26.3 Å². The molecule has 3 N–H and O–H groups in total. The lowest BCUT2D eigenvalue weighted by molar-refractivity contribution is -0.0546. The molecule has 0 aromatic heterocycles. The van der Waals surface area contributed by atoms with E-state index in [2.05, 4.69) is 11.9 Å². The van der Waals surface area contributed by atoms with Gasteiger partial charge >= 0.3 is 13.9 Å². The predicted octanol–water partition coefficient (Wildman–Crippen LogP) is 1.45. The molecule has 0 spiro atoms. The van der Waals surface area contributed by atoms with E-state index < -0.39 is 45.0 Å². The van der Waals surface area contributed by atoms with Gasteiger partial charge in [0.1, 0.15) is 18.4 Å². The van der Waals surface area contributed by atoms with Gasteiger partial charge in [-0.1, -0.05) is 6.58 Å². The molecule has 1 saturated heterocycles. The minimum atomic E-state index is -4.29. The second-order valence-electron chi connectivity index (χ2n) is 5.94. The number of ether oxygens (including phenoxy) is 1. The Bertz CT molecular complexity index is 592. The highest BCUT2D eigenvalue weighted by atomic mass is 31.2. The van der Waals surface area contributed by atoms with Gasteiger partial charge in [0.2, 0.25) is 0 Å². The monoisotopic (exact) mass is 362 g/mol. The average molecular weight is 362 g/mol. The van der Waals surface area contributed by atoms with Gasteiger partial charge < -0.3 is 20.1 Å². The quantitative estimate of drug-likeness (QED) is 0.612. The summed E-state index contributed by atoms with van der Waals surface area (Å²) in [5.41, 5.74) is 1.24.